The van der Waals surface area contributed by atoms with E-state index in [9.17, 15) is 8.78 Å². The number of nitrogens with two attached hydrogens (primary N) is 1. The summed E-state index contributed by atoms with van der Waals surface area (Å²) in [5.41, 5.74) is 8.04. The van der Waals surface area contributed by atoms with Crippen LogP contribution >= 0.6 is 11.6 Å². The zero-order chi connectivity index (χ0) is 18.9. The summed E-state index contributed by atoms with van der Waals surface area (Å²) in [6, 6.07) is 5.22. The third-order valence-electron chi connectivity index (χ3n) is 4.11. The first kappa shape index (κ1) is 18.4. The first-order valence-corrected chi connectivity index (χ1v) is 8.65. The van der Waals surface area contributed by atoms with Gasteiger partial charge in [0, 0.05) is 28.7 Å². The molecule has 0 saturated carbocycles. The van der Waals surface area contributed by atoms with Gasteiger partial charge in [-0.3, -0.25) is 4.98 Å². The van der Waals surface area contributed by atoms with E-state index in [1.165, 1.54) is 6.92 Å². The summed E-state index contributed by atoms with van der Waals surface area (Å²) in [5, 5.41) is 4.22. The van der Waals surface area contributed by atoms with Gasteiger partial charge in [0.1, 0.15) is 11.3 Å². The van der Waals surface area contributed by atoms with Gasteiger partial charge in [-0.2, -0.15) is 0 Å². The van der Waals surface area contributed by atoms with Gasteiger partial charge in [-0.05, 0) is 25.1 Å². The molecule has 2 heterocycles. The van der Waals surface area contributed by atoms with Gasteiger partial charge in [0.05, 0.1) is 30.3 Å². The van der Waals surface area contributed by atoms with Crippen LogP contribution in [0.4, 0.5) is 8.78 Å². The van der Waals surface area contributed by atoms with Gasteiger partial charge in [-0.25, -0.2) is 13.8 Å². The van der Waals surface area contributed by atoms with E-state index in [1.807, 2.05) is 0 Å². The molecule has 0 aliphatic carbocycles. The summed E-state index contributed by atoms with van der Waals surface area (Å²) >= 11 is 6.12. The number of alkyl halides is 2. The molecule has 3 N–H and O–H groups in total. The maximum atomic E-state index is 14.2. The summed E-state index contributed by atoms with van der Waals surface area (Å²) in [6.07, 6.45) is 2.96. The SMILES string of the molecule is CCC(F)(F)Cn1c(CN/C=C(/C)N)nc2cnc3ccc(Cl)cc3c21. The molecule has 0 unspecified atom stereocenters. The summed E-state index contributed by atoms with van der Waals surface area (Å²) in [7, 11) is 0. The molecule has 1 aromatic carbocycles. The molecule has 3 rings (SSSR count). The van der Waals surface area contributed by atoms with Crippen molar-refractivity contribution in [3.8, 4) is 0 Å². The Morgan fingerprint density at radius 3 is 2.85 bits per heavy atom. The minimum absolute atomic E-state index is 0.259. The van der Waals surface area contributed by atoms with E-state index in [0.717, 1.165) is 0 Å². The number of rotatable bonds is 6. The molecular formula is C18H20ClF2N5. The molecule has 2 aromatic heterocycles. The number of allylic oxidation sites excluding steroid dienone is 1. The van der Waals surface area contributed by atoms with Crippen LogP contribution in [0, 0.1) is 0 Å². The minimum Gasteiger partial charge on any atom is -0.401 e. The third-order valence-corrected chi connectivity index (χ3v) is 4.34. The Balaban J connectivity index is 2.20. The second-order valence-corrected chi connectivity index (χ2v) is 6.68. The van der Waals surface area contributed by atoms with Crippen molar-refractivity contribution in [1.29, 1.82) is 0 Å². The predicted molar refractivity (Wildman–Crippen MR) is 100 cm³/mol. The van der Waals surface area contributed by atoms with E-state index in [0.29, 0.717) is 38.5 Å². The average molecular weight is 380 g/mol. The molecular weight excluding hydrogens is 360 g/mol. The van der Waals surface area contributed by atoms with E-state index in [1.54, 1.807) is 42.1 Å². The highest BCUT2D eigenvalue weighted by molar-refractivity contribution is 6.31. The summed E-state index contributed by atoms with van der Waals surface area (Å²) in [5.74, 6) is -2.37. The quantitative estimate of drug-likeness (QED) is 0.673. The zero-order valence-electron chi connectivity index (χ0n) is 14.6. The van der Waals surface area contributed by atoms with Crippen LogP contribution < -0.4 is 11.1 Å². The van der Waals surface area contributed by atoms with E-state index in [2.05, 4.69) is 15.3 Å². The Kier molecular flexibility index (Phi) is 5.00. The highest BCUT2D eigenvalue weighted by Gasteiger charge is 2.29. The maximum Gasteiger partial charge on any atom is 0.265 e. The Labute approximate surface area is 154 Å². The van der Waals surface area contributed by atoms with Crippen molar-refractivity contribution in [2.75, 3.05) is 0 Å². The van der Waals surface area contributed by atoms with Crippen LogP contribution in [0.1, 0.15) is 26.1 Å². The molecule has 8 heteroatoms. The fraction of sp³-hybridized carbons (Fsp3) is 0.333. The Bertz CT molecular complexity index is 977. The standard InChI is InChI=1S/C18H20ClF2N5/c1-3-18(20,21)10-26-16(9-23-7-11(2)22)25-15-8-24-14-5-4-12(19)6-13(14)17(15)26/h4-8,23H,3,9-10,22H2,1-2H3/b11-7-. The number of aromatic nitrogens is 3. The van der Waals surface area contributed by atoms with Crippen molar-refractivity contribution in [1.82, 2.24) is 19.9 Å². The highest BCUT2D eigenvalue weighted by Crippen LogP contribution is 2.30. The van der Waals surface area contributed by atoms with E-state index in [-0.39, 0.29) is 13.0 Å². The molecule has 5 nitrogen and oxygen atoms in total. The molecule has 0 saturated heterocycles. The second-order valence-electron chi connectivity index (χ2n) is 6.25. The fourth-order valence-electron chi connectivity index (χ4n) is 2.79. The van der Waals surface area contributed by atoms with Crippen LogP contribution in [-0.4, -0.2) is 20.5 Å². The first-order chi connectivity index (χ1) is 12.3. The smallest absolute Gasteiger partial charge is 0.265 e. The number of hydrogen-bond donors (Lipinski definition) is 2. The lowest BCUT2D eigenvalue weighted by Gasteiger charge is -2.18. The molecule has 0 radical (unpaired) electrons. The molecule has 0 atom stereocenters. The molecule has 0 bridgehead atoms. The highest BCUT2D eigenvalue weighted by atomic mass is 35.5. The lowest BCUT2D eigenvalue weighted by Crippen LogP contribution is -2.25. The number of halogens is 3. The van der Waals surface area contributed by atoms with E-state index in [4.69, 9.17) is 17.3 Å². The third kappa shape index (κ3) is 3.72. The number of pyridine rings is 1. The monoisotopic (exact) mass is 379 g/mol. The van der Waals surface area contributed by atoms with Crippen molar-refractivity contribution in [3.63, 3.8) is 0 Å². The summed E-state index contributed by atoms with van der Waals surface area (Å²) in [4.78, 5) is 8.85. The van der Waals surface area contributed by atoms with Crippen LogP contribution in [0.2, 0.25) is 5.02 Å². The maximum absolute atomic E-state index is 14.2. The molecule has 138 valence electrons. The van der Waals surface area contributed by atoms with Crippen molar-refractivity contribution < 1.29 is 8.78 Å². The predicted octanol–water partition coefficient (Wildman–Crippen LogP) is 4.19. The van der Waals surface area contributed by atoms with Gasteiger partial charge in [0.2, 0.25) is 0 Å². The number of benzene rings is 1. The zero-order valence-corrected chi connectivity index (χ0v) is 15.3. The van der Waals surface area contributed by atoms with E-state index < -0.39 is 12.5 Å². The topological polar surface area (TPSA) is 68.8 Å². The molecule has 0 aliphatic rings. The number of nitrogens with one attached hydrogen (secondary N) is 1. The number of imidazole rings is 1. The lowest BCUT2D eigenvalue weighted by atomic mass is 10.2. The summed E-state index contributed by atoms with van der Waals surface area (Å²) < 4.78 is 30.0. The van der Waals surface area contributed by atoms with Crippen LogP contribution in [0.5, 0.6) is 0 Å². The molecule has 0 fully saturated rings. The normalized spacial score (nSPS) is 12.9. The number of nitrogens with zero attached hydrogens (tertiary/aromatic N) is 3. The van der Waals surface area contributed by atoms with Gasteiger partial charge in [0.15, 0.2) is 0 Å². The number of hydrogen-bond acceptors (Lipinski definition) is 4. The van der Waals surface area contributed by atoms with Crippen LogP contribution in [0.25, 0.3) is 21.9 Å². The van der Waals surface area contributed by atoms with Crippen molar-refractivity contribution in [2.45, 2.75) is 39.3 Å². The fourth-order valence-corrected chi connectivity index (χ4v) is 2.96. The molecule has 0 amide bonds. The van der Waals surface area contributed by atoms with E-state index >= 15 is 0 Å². The molecule has 0 aliphatic heterocycles. The van der Waals surface area contributed by atoms with Crippen LogP contribution in [0.15, 0.2) is 36.3 Å². The van der Waals surface area contributed by atoms with Gasteiger partial charge >= 0.3 is 0 Å². The van der Waals surface area contributed by atoms with Gasteiger partial charge < -0.3 is 15.6 Å². The Hall–Kier alpha value is -2.41. The lowest BCUT2D eigenvalue weighted by molar-refractivity contribution is -0.0195. The Morgan fingerprint density at radius 2 is 2.15 bits per heavy atom. The van der Waals surface area contributed by atoms with Crippen molar-refractivity contribution >= 4 is 33.5 Å². The van der Waals surface area contributed by atoms with Gasteiger partial charge in [-0.1, -0.05) is 18.5 Å². The summed E-state index contributed by atoms with van der Waals surface area (Å²) in [6.45, 7) is 3.01. The van der Waals surface area contributed by atoms with Crippen molar-refractivity contribution in [2.24, 2.45) is 5.73 Å². The number of fused-ring (bicyclic) bond motifs is 3. The molecule has 26 heavy (non-hydrogen) atoms. The first-order valence-electron chi connectivity index (χ1n) is 8.27. The minimum atomic E-state index is -2.85. The molecule has 3 aromatic rings. The van der Waals surface area contributed by atoms with Crippen LogP contribution in [0.3, 0.4) is 0 Å². The molecule has 0 spiro atoms. The Morgan fingerprint density at radius 1 is 1.38 bits per heavy atom. The average Bonchev–Trinajstić information content (AvgIpc) is 2.92. The van der Waals surface area contributed by atoms with Gasteiger partial charge in [-0.15, -0.1) is 0 Å². The van der Waals surface area contributed by atoms with Gasteiger partial charge in [0.25, 0.3) is 5.92 Å². The largest absolute Gasteiger partial charge is 0.401 e. The second kappa shape index (κ2) is 7.07. The van der Waals surface area contributed by atoms with Crippen LogP contribution in [-0.2, 0) is 13.1 Å². The van der Waals surface area contributed by atoms with Crippen molar-refractivity contribution in [3.05, 3.63) is 47.1 Å².